The van der Waals surface area contributed by atoms with Crippen LogP contribution in [0.25, 0.3) is 0 Å². The summed E-state index contributed by atoms with van der Waals surface area (Å²) in [5.74, 6) is -1.52. The topological polar surface area (TPSA) is 37.3 Å². The minimum absolute atomic E-state index is 0.961. The summed E-state index contributed by atoms with van der Waals surface area (Å²) in [4.78, 5) is 10.2. The molecule has 0 aromatic rings. The first-order chi connectivity index (χ1) is 4.65. The van der Waals surface area contributed by atoms with Crippen molar-refractivity contribution >= 4 is 21.9 Å². The van der Waals surface area contributed by atoms with Gasteiger partial charge >= 0.3 is 12.1 Å². The van der Waals surface area contributed by atoms with E-state index in [4.69, 9.17) is 5.11 Å². The van der Waals surface area contributed by atoms with Gasteiger partial charge in [0.1, 0.15) is 4.32 Å². The molecule has 6 heteroatoms. The Hall–Kier alpha value is -0.260. The molecule has 0 aliphatic carbocycles. The van der Waals surface area contributed by atoms with Crippen molar-refractivity contribution in [1.29, 1.82) is 0 Å². The zero-order valence-electron chi connectivity index (χ0n) is 5.57. The monoisotopic (exact) mass is 234 g/mol. The van der Waals surface area contributed by atoms with E-state index in [1.165, 1.54) is 0 Å². The summed E-state index contributed by atoms with van der Waals surface area (Å²) in [5.41, 5.74) is 0. The molecule has 0 rings (SSSR count). The first kappa shape index (κ1) is 10.7. The molecule has 0 fully saturated rings. The van der Waals surface area contributed by atoms with Crippen LogP contribution in [0.3, 0.4) is 0 Å². The van der Waals surface area contributed by atoms with Gasteiger partial charge in [-0.3, -0.25) is 4.79 Å². The van der Waals surface area contributed by atoms with Gasteiger partial charge in [-0.25, -0.2) is 0 Å². The molecular formula is C5H6BrF3O2. The Kier molecular flexibility index (Phi) is 2.93. The summed E-state index contributed by atoms with van der Waals surface area (Å²) in [6, 6.07) is 0. The van der Waals surface area contributed by atoms with Crippen LogP contribution in [0.2, 0.25) is 0 Å². The minimum Gasteiger partial charge on any atom is -0.480 e. The normalized spacial score (nSPS) is 17.5. The van der Waals surface area contributed by atoms with Crippen molar-refractivity contribution in [2.45, 2.75) is 23.8 Å². The number of rotatable bonds is 2. The lowest BCUT2D eigenvalue weighted by atomic mass is 10.1. The highest BCUT2D eigenvalue weighted by Gasteiger charge is 2.42. The summed E-state index contributed by atoms with van der Waals surface area (Å²) >= 11 is 2.46. The largest absolute Gasteiger partial charge is 0.480 e. The predicted octanol–water partition coefficient (Wildman–Crippen LogP) is 2.18. The second-order valence-electron chi connectivity index (χ2n) is 2.29. The number of carboxylic acids is 1. The molecule has 11 heavy (non-hydrogen) atoms. The van der Waals surface area contributed by atoms with Crippen molar-refractivity contribution in [3.8, 4) is 0 Å². The number of hydrogen-bond acceptors (Lipinski definition) is 1. The van der Waals surface area contributed by atoms with Crippen molar-refractivity contribution in [2.75, 3.05) is 0 Å². The molecule has 0 aromatic carbocycles. The van der Waals surface area contributed by atoms with E-state index < -0.39 is 22.9 Å². The molecule has 0 aliphatic heterocycles. The van der Waals surface area contributed by atoms with Gasteiger partial charge in [-0.1, -0.05) is 15.9 Å². The van der Waals surface area contributed by atoms with E-state index in [-0.39, 0.29) is 0 Å². The van der Waals surface area contributed by atoms with E-state index in [2.05, 4.69) is 15.9 Å². The maximum Gasteiger partial charge on any atom is 0.391 e. The smallest absolute Gasteiger partial charge is 0.391 e. The highest BCUT2D eigenvalue weighted by atomic mass is 79.9. The SMILES string of the molecule is CC(Br)(CC(F)(F)F)C(=O)O. The molecule has 2 nitrogen and oxygen atoms in total. The van der Waals surface area contributed by atoms with Gasteiger partial charge in [0, 0.05) is 0 Å². The van der Waals surface area contributed by atoms with Crippen LogP contribution in [-0.2, 0) is 4.79 Å². The average Bonchev–Trinajstić information content (AvgIpc) is 1.56. The van der Waals surface area contributed by atoms with E-state index in [1.807, 2.05) is 0 Å². The maximum atomic E-state index is 11.6. The molecule has 1 N–H and O–H groups in total. The Morgan fingerprint density at radius 3 is 2.00 bits per heavy atom. The highest BCUT2D eigenvalue weighted by Crippen LogP contribution is 2.33. The summed E-state index contributed by atoms with van der Waals surface area (Å²) in [6.07, 6.45) is -5.84. The Bertz CT molecular complexity index is 164. The van der Waals surface area contributed by atoms with Crippen LogP contribution in [0.1, 0.15) is 13.3 Å². The minimum atomic E-state index is -4.46. The van der Waals surface area contributed by atoms with Gasteiger partial charge < -0.3 is 5.11 Å². The zero-order chi connectivity index (χ0) is 9.28. The van der Waals surface area contributed by atoms with Crippen molar-refractivity contribution < 1.29 is 23.1 Å². The van der Waals surface area contributed by atoms with Crippen molar-refractivity contribution in [3.63, 3.8) is 0 Å². The molecule has 0 aliphatic rings. The molecule has 0 spiro atoms. The van der Waals surface area contributed by atoms with Gasteiger partial charge in [0.25, 0.3) is 0 Å². The number of hydrogen-bond donors (Lipinski definition) is 1. The van der Waals surface area contributed by atoms with Gasteiger partial charge in [0.2, 0.25) is 0 Å². The molecule has 0 saturated carbocycles. The second-order valence-corrected chi connectivity index (χ2v) is 4.04. The zero-order valence-corrected chi connectivity index (χ0v) is 7.16. The fourth-order valence-electron chi connectivity index (χ4n) is 0.452. The Labute approximate surface area is 69.5 Å². The third-order valence-corrected chi connectivity index (χ3v) is 1.60. The van der Waals surface area contributed by atoms with Gasteiger partial charge in [-0.15, -0.1) is 0 Å². The van der Waals surface area contributed by atoms with Crippen LogP contribution >= 0.6 is 15.9 Å². The molecule has 0 amide bonds. The molecule has 0 aromatic heterocycles. The first-order valence-electron chi connectivity index (χ1n) is 2.64. The van der Waals surface area contributed by atoms with E-state index >= 15 is 0 Å². The fourth-order valence-corrected chi connectivity index (χ4v) is 0.770. The van der Waals surface area contributed by atoms with Gasteiger partial charge in [-0.2, -0.15) is 13.2 Å². The molecule has 0 saturated heterocycles. The van der Waals surface area contributed by atoms with Gasteiger partial charge in [0.05, 0.1) is 6.42 Å². The van der Waals surface area contributed by atoms with Crippen LogP contribution in [0.4, 0.5) is 13.2 Å². The van der Waals surface area contributed by atoms with E-state index in [9.17, 15) is 18.0 Å². The molecule has 1 unspecified atom stereocenters. The van der Waals surface area contributed by atoms with Crippen LogP contribution in [-0.4, -0.2) is 21.6 Å². The Morgan fingerprint density at radius 1 is 1.55 bits per heavy atom. The van der Waals surface area contributed by atoms with Gasteiger partial charge in [-0.05, 0) is 6.92 Å². The molecule has 1 atom stereocenters. The quantitative estimate of drug-likeness (QED) is 0.744. The highest BCUT2D eigenvalue weighted by molar-refractivity contribution is 9.10. The number of carbonyl (C=O) groups is 1. The van der Waals surface area contributed by atoms with E-state index in [0.29, 0.717) is 0 Å². The van der Waals surface area contributed by atoms with Crippen LogP contribution in [0.15, 0.2) is 0 Å². The Morgan fingerprint density at radius 2 is 1.91 bits per heavy atom. The lowest BCUT2D eigenvalue weighted by Gasteiger charge is -2.18. The third-order valence-electron chi connectivity index (χ3n) is 0.978. The average molecular weight is 235 g/mol. The number of aliphatic carboxylic acids is 1. The molecule has 0 radical (unpaired) electrons. The molecule has 0 heterocycles. The van der Waals surface area contributed by atoms with E-state index in [0.717, 1.165) is 6.92 Å². The van der Waals surface area contributed by atoms with Crippen LogP contribution in [0.5, 0.6) is 0 Å². The molecular weight excluding hydrogens is 229 g/mol. The lowest BCUT2D eigenvalue weighted by Crippen LogP contribution is -2.33. The summed E-state index contributed by atoms with van der Waals surface area (Å²) in [5, 5.41) is 8.26. The molecule has 66 valence electrons. The third kappa shape index (κ3) is 4.23. The fraction of sp³-hybridized carbons (Fsp3) is 0.800. The van der Waals surface area contributed by atoms with Crippen molar-refractivity contribution in [2.24, 2.45) is 0 Å². The number of alkyl halides is 4. The number of halogens is 4. The van der Waals surface area contributed by atoms with Crippen molar-refractivity contribution in [1.82, 2.24) is 0 Å². The summed E-state index contributed by atoms with van der Waals surface area (Å²) < 4.78 is 32.9. The standard InChI is InChI=1S/C5H6BrF3O2/c1-4(6,3(10)11)2-5(7,8)9/h2H2,1H3,(H,10,11). The maximum absolute atomic E-state index is 11.6. The first-order valence-corrected chi connectivity index (χ1v) is 3.43. The summed E-state index contributed by atoms with van der Waals surface area (Å²) in [7, 11) is 0. The van der Waals surface area contributed by atoms with Gasteiger partial charge in [0.15, 0.2) is 0 Å². The van der Waals surface area contributed by atoms with E-state index in [1.54, 1.807) is 0 Å². The van der Waals surface area contributed by atoms with Crippen LogP contribution in [0, 0.1) is 0 Å². The lowest BCUT2D eigenvalue weighted by molar-refractivity contribution is -0.157. The van der Waals surface area contributed by atoms with Crippen molar-refractivity contribution in [3.05, 3.63) is 0 Å². The van der Waals surface area contributed by atoms with Crippen LogP contribution < -0.4 is 0 Å². The second kappa shape index (κ2) is 3.00. The predicted molar refractivity (Wildman–Crippen MR) is 35.6 cm³/mol. The number of carboxylic acid groups (broad SMARTS) is 1. The Balaban J connectivity index is 4.25. The summed E-state index contributed by atoms with van der Waals surface area (Å²) in [6.45, 7) is 0.961. The molecule has 0 bridgehead atoms.